The van der Waals surface area contributed by atoms with Gasteiger partial charge in [0.25, 0.3) is 0 Å². The van der Waals surface area contributed by atoms with Crippen LogP contribution in [-0.4, -0.2) is 24.7 Å². The molecule has 0 radical (unpaired) electrons. The summed E-state index contributed by atoms with van der Waals surface area (Å²) in [5, 5.41) is 0. The normalized spacial score (nSPS) is 12.2. The zero-order valence-corrected chi connectivity index (χ0v) is 6.77. The third-order valence-electron chi connectivity index (χ3n) is 1.28. The van der Waals surface area contributed by atoms with Gasteiger partial charge in [-0.15, -0.1) is 0 Å². The molecule has 0 rings (SSSR count). The van der Waals surface area contributed by atoms with Gasteiger partial charge >= 0.3 is 58.0 Å². The zero-order chi connectivity index (χ0) is 6.78. The first-order chi connectivity index (χ1) is 3.50. The van der Waals surface area contributed by atoms with Crippen molar-refractivity contribution in [3.63, 3.8) is 0 Å². The van der Waals surface area contributed by atoms with Crippen LogP contribution < -0.4 is 0 Å². The van der Waals surface area contributed by atoms with Crippen LogP contribution in [0.5, 0.6) is 0 Å². The molecule has 0 aliphatic carbocycles. The van der Waals surface area contributed by atoms with Gasteiger partial charge in [0.05, 0.1) is 0 Å². The molecule has 0 aromatic rings. The van der Waals surface area contributed by atoms with Crippen LogP contribution in [0.2, 0.25) is 0 Å². The van der Waals surface area contributed by atoms with Gasteiger partial charge in [0.15, 0.2) is 0 Å². The Labute approximate surface area is 58.6 Å². The van der Waals surface area contributed by atoms with Gasteiger partial charge in [-0.25, -0.2) is 0 Å². The van der Waals surface area contributed by atoms with E-state index in [4.69, 9.17) is 0 Å². The molecular formula is C5H12CoN2. The maximum atomic E-state index is 3.87. The fourth-order valence-corrected chi connectivity index (χ4v) is 0.275. The molecule has 0 unspecified atom stereocenters. The summed E-state index contributed by atoms with van der Waals surface area (Å²) in [7, 11) is 3.94. The Bertz CT molecular complexity index is 88.4. The molecule has 0 fully saturated rings. The molecule has 0 aromatic heterocycles. The standard InChI is InChI=1S/C5H12N2.Co/c1-5(2,6)7(3)4;/h1-4H3;. The number of hydrogen-bond donors (Lipinski definition) is 0. The minimum absolute atomic E-state index is 0.139. The molecule has 0 aromatic carbocycles. The Hall–Kier alpha value is 0.266. The summed E-state index contributed by atoms with van der Waals surface area (Å²) in [6, 6.07) is 0. The first-order valence-corrected chi connectivity index (χ1v) is 2.96. The van der Waals surface area contributed by atoms with E-state index in [0.29, 0.717) is 0 Å². The van der Waals surface area contributed by atoms with Crippen LogP contribution >= 0.6 is 0 Å². The molecule has 3 heteroatoms. The summed E-state index contributed by atoms with van der Waals surface area (Å²) in [4.78, 5) is 2.00. The predicted octanol–water partition coefficient (Wildman–Crippen LogP) is 1.01. The van der Waals surface area contributed by atoms with Crippen LogP contribution in [-0.2, 0) is 15.5 Å². The second kappa shape index (κ2) is 2.71. The zero-order valence-electron chi connectivity index (χ0n) is 5.73. The van der Waals surface area contributed by atoms with Gasteiger partial charge in [-0.05, 0) is 0 Å². The van der Waals surface area contributed by atoms with E-state index >= 15 is 0 Å². The first-order valence-electron chi connectivity index (χ1n) is 2.49. The summed E-state index contributed by atoms with van der Waals surface area (Å²) in [5.41, 5.74) is -0.139. The molecule has 0 heterocycles. The molecule has 51 valence electrons. The number of hydrogen-bond acceptors (Lipinski definition) is 2. The molecule has 2 nitrogen and oxygen atoms in total. The van der Waals surface area contributed by atoms with Crippen LogP contribution in [0.4, 0.5) is 0 Å². The van der Waals surface area contributed by atoms with E-state index in [1.165, 1.54) is 0 Å². The van der Waals surface area contributed by atoms with Crippen LogP contribution in [0.15, 0.2) is 4.00 Å². The van der Waals surface area contributed by atoms with Crippen LogP contribution in [0.3, 0.4) is 0 Å². The van der Waals surface area contributed by atoms with E-state index in [1.54, 1.807) is 0 Å². The van der Waals surface area contributed by atoms with E-state index < -0.39 is 0 Å². The fraction of sp³-hybridized carbons (Fsp3) is 1.00. The summed E-state index contributed by atoms with van der Waals surface area (Å²) < 4.78 is 3.83. The van der Waals surface area contributed by atoms with E-state index in [9.17, 15) is 0 Å². The van der Waals surface area contributed by atoms with Gasteiger partial charge in [0.1, 0.15) is 0 Å². The Morgan fingerprint density at radius 1 is 1.38 bits per heavy atom. The van der Waals surface area contributed by atoms with E-state index in [1.807, 2.05) is 32.8 Å². The summed E-state index contributed by atoms with van der Waals surface area (Å²) in [5.74, 6) is 0. The van der Waals surface area contributed by atoms with Crippen molar-refractivity contribution in [2.24, 2.45) is 4.00 Å². The monoisotopic (exact) mass is 159 g/mol. The van der Waals surface area contributed by atoms with Gasteiger partial charge in [-0.3, -0.25) is 0 Å². The van der Waals surface area contributed by atoms with Gasteiger partial charge in [0.2, 0.25) is 0 Å². The molecule has 0 saturated heterocycles. The Kier molecular flexibility index (Phi) is 2.80. The molecule has 0 aliphatic heterocycles. The second-order valence-corrected chi connectivity index (χ2v) is 2.70. The number of rotatable bonds is 2. The molecule has 8 heavy (non-hydrogen) atoms. The molecule has 0 atom stereocenters. The Balaban J connectivity index is 3.90. The summed E-state index contributed by atoms with van der Waals surface area (Å²) in [6.07, 6.45) is 0. The van der Waals surface area contributed by atoms with Crippen molar-refractivity contribution in [2.75, 3.05) is 14.1 Å². The summed E-state index contributed by atoms with van der Waals surface area (Å²) >= 11 is 3.87. The van der Waals surface area contributed by atoms with E-state index in [0.717, 1.165) is 0 Å². The quantitative estimate of drug-likeness (QED) is 0.587. The van der Waals surface area contributed by atoms with Crippen molar-refractivity contribution < 1.29 is 15.5 Å². The van der Waals surface area contributed by atoms with E-state index in [-0.39, 0.29) is 5.66 Å². The minimum atomic E-state index is -0.139. The van der Waals surface area contributed by atoms with Crippen molar-refractivity contribution in [2.45, 2.75) is 19.5 Å². The van der Waals surface area contributed by atoms with Crippen molar-refractivity contribution in [3.05, 3.63) is 0 Å². The molecule has 0 bridgehead atoms. The van der Waals surface area contributed by atoms with Crippen molar-refractivity contribution in [1.82, 2.24) is 4.90 Å². The molecule has 0 saturated carbocycles. The Morgan fingerprint density at radius 2 is 1.75 bits per heavy atom. The molecular weight excluding hydrogens is 147 g/mol. The van der Waals surface area contributed by atoms with Crippen molar-refractivity contribution >= 4 is 0 Å². The van der Waals surface area contributed by atoms with Gasteiger partial charge < -0.3 is 0 Å². The van der Waals surface area contributed by atoms with Gasteiger partial charge in [-0.1, -0.05) is 0 Å². The predicted molar refractivity (Wildman–Crippen MR) is 30.2 cm³/mol. The SMILES string of the molecule is CN(C)C(C)(C)[N]=[Co]. The molecule has 0 spiro atoms. The van der Waals surface area contributed by atoms with Crippen LogP contribution in [0, 0.1) is 0 Å². The fourth-order valence-electron chi connectivity index (χ4n) is 0.0667. The topological polar surface area (TPSA) is 15.6 Å². The van der Waals surface area contributed by atoms with Crippen LogP contribution in [0.1, 0.15) is 13.8 Å². The third-order valence-corrected chi connectivity index (χ3v) is 1.85. The number of nitrogens with zero attached hydrogens (tertiary/aromatic N) is 2. The Morgan fingerprint density at radius 3 is 1.75 bits per heavy atom. The molecule has 0 amide bonds. The van der Waals surface area contributed by atoms with Gasteiger partial charge in [0, 0.05) is 0 Å². The second-order valence-electron chi connectivity index (χ2n) is 2.46. The van der Waals surface area contributed by atoms with E-state index in [2.05, 4.69) is 19.5 Å². The van der Waals surface area contributed by atoms with Crippen molar-refractivity contribution in [1.29, 1.82) is 0 Å². The van der Waals surface area contributed by atoms with Gasteiger partial charge in [-0.2, -0.15) is 0 Å². The van der Waals surface area contributed by atoms with Crippen molar-refractivity contribution in [3.8, 4) is 0 Å². The summed E-state index contributed by atoms with van der Waals surface area (Å²) in [6.45, 7) is 4.00. The maximum absolute atomic E-state index is 3.87. The van der Waals surface area contributed by atoms with Crippen LogP contribution in [0.25, 0.3) is 0 Å². The average Bonchev–Trinajstić information content (AvgIpc) is 1.67. The molecule has 0 N–H and O–H groups in total. The molecule has 0 aliphatic rings. The average molecular weight is 159 g/mol. The first kappa shape index (κ1) is 8.27. The third kappa shape index (κ3) is 2.02.